The molecule has 25 heavy (non-hydrogen) atoms. The SMILES string of the molecule is Cc1cc(C(=O)Cc2ccnc(C3(C)CC(=O)N(C)C(N)=N3)c2)no1. The third kappa shape index (κ3) is 3.28. The summed E-state index contributed by atoms with van der Waals surface area (Å²) in [6.07, 6.45) is 1.92. The monoisotopic (exact) mass is 341 g/mol. The van der Waals surface area contributed by atoms with E-state index in [1.165, 1.54) is 4.90 Å². The van der Waals surface area contributed by atoms with Crippen LogP contribution in [0.1, 0.15) is 40.9 Å². The first-order valence-electron chi connectivity index (χ1n) is 7.82. The van der Waals surface area contributed by atoms with Crippen molar-refractivity contribution in [2.45, 2.75) is 32.2 Å². The molecule has 2 aromatic rings. The second kappa shape index (κ2) is 6.12. The van der Waals surface area contributed by atoms with Crippen molar-refractivity contribution in [1.29, 1.82) is 0 Å². The van der Waals surface area contributed by atoms with Crippen molar-refractivity contribution in [2.75, 3.05) is 7.05 Å². The highest BCUT2D eigenvalue weighted by Crippen LogP contribution is 2.31. The lowest BCUT2D eigenvalue weighted by Crippen LogP contribution is -2.47. The number of hydrogen-bond acceptors (Lipinski definition) is 7. The number of carbonyl (C=O) groups is 2. The molecule has 8 nitrogen and oxygen atoms in total. The van der Waals surface area contributed by atoms with Crippen LogP contribution in [0.25, 0.3) is 0 Å². The molecule has 1 aliphatic heterocycles. The highest BCUT2D eigenvalue weighted by molar-refractivity contribution is 5.98. The zero-order valence-electron chi connectivity index (χ0n) is 14.3. The predicted octanol–water partition coefficient (Wildman–Crippen LogP) is 1.20. The first kappa shape index (κ1) is 16.8. The van der Waals surface area contributed by atoms with E-state index < -0.39 is 5.54 Å². The van der Waals surface area contributed by atoms with Gasteiger partial charge in [-0.15, -0.1) is 0 Å². The van der Waals surface area contributed by atoms with Crippen LogP contribution in [-0.4, -0.2) is 39.7 Å². The lowest BCUT2D eigenvalue weighted by atomic mass is 9.90. The van der Waals surface area contributed by atoms with Crippen molar-refractivity contribution >= 4 is 17.6 Å². The van der Waals surface area contributed by atoms with Gasteiger partial charge < -0.3 is 10.3 Å². The Balaban J connectivity index is 1.87. The largest absolute Gasteiger partial charge is 0.369 e. The summed E-state index contributed by atoms with van der Waals surface area (Å²) in [5.41, 5.74) is 6.63. The summed E-state index contributed by atoms with van der Waals surface area (Å²) in [6.45, 7) is 3.54. The minimum Gasteiger partial charge on any atom is -0.369 e. The number of guanidine groups is 1. The predicted molar refractivity (Wildman–Crippen MR) is 89.9 cm³/mol. The Kier molecular flexibility index (Phi) is 4.12. The second-order valence-electron chi connectivity index (χ2n) is 6.35. The van der Waals surface area contributed by atoms with Crippen LogP contribution >= 0.6 is 0 Å². The van der Waals surface area contributed by atoms with Crippen LogP contribution in [0.15, 0.2) is 33.9 Å². The van der Waals surface area contributed by atoms with Gasteiger partial charge in [0.15, 0.2) is 11.7 Å². The number of hydrogen-bond donors (Lipinski definition) is 1. The van der Waals surface area contributed by atoms with Gasteiger partial charge in [-0.1, -0.05) is 5.16 Å². The van der Waals surface area contributed by atoms with Gasteiger partial charge in [0, 0.05) is 25.7 Å². The minimum atomic E-state index is -0.850. The number of Topliss-reactive ketones (excluding diaryl/α,β-unsaturated/α-hetero) is 1. The lowest BCUT2D eigenvalue weighted by molar-refractivity contribution is -0.128. The molecule has 0 bridgehead atoms. The Bertz CT molecular complexity index is 873. The van der Waals surface area contributed by atoms with Crippen molar-refractivity contribution < 1.29 is 14.1 Å². The van der Waals surface area contributed by atoms with E-state index in [4.69, 9.17) is 10.3 Å². The number of pyridine rings is 1. The molecular weight excluding hydrogens is 322 g/mol. The van der Waals surface area contributed by atoms with Gasteiger partial charge in [-0.05, 0) is 31.5 Å². The topological polar surface area (TPSA) is 115 Å². The van der Waals surface area contributed by atoms with Gasteiger partial charge in [0.05, 0.1) is 12.1 Å². The summed E-state index contributed by atoms with van der Waals surface area (Å²) >= 11 is 0. The van der Waals surface area contributed by atoms with Crippen LogP contribution in [-0.2, 0) is 16.8 Å². The van der Waals surface area contributed by atoms with E-state index in [1.54, 1.807) is 45.3 Å². The number of nitrogens with zero attached hydrogens (tertiary/aromatic N) is 4. The van der Waals surface area contributed by atoms with Gasteiger partial charge in [0.1, 0.15) is 17.0 Å². The Hall–Kier alpha value is -3.03. The van der Waals surface area contributed by atoms with Gasteiger partial charge in [-0.2, -0.15) is 0 Å². The molecule has 0 aromatic carbocycles. The first-order chi connectivity index (χ1) is 11.8. The van der Waals surface area contributed by atoms with Gasteiger partial charge in [-0.3, -0.25) is 19.5 Å². The molecule has 1 unspecified atom stereocenters. The molecule has 0 fully saturated rings. The average molecular weight is 341 g/mol. The Labute approximate surface area is 144 Å². The summed E-state index contributed by atoms with van der Waals surface area (Å²) in [7, 11) is 1.59. The molecule has 0 saturated heterocycles. The molecule has 2 N–H and O–H groups in total. The maximum Gasteiger partial charge on any atom is 0.231 e. The van der Waals surface area contributed by atoms with Gasteiger partial charge >= 0.3 is 0 Å². The summed E-state index contributed by atoms with van der Waals surface area (Å²) in [5.74, 6) is 0.457. The number of ketones is 1. The summed E-state index contributed by atoms with van der Waals surface area (Å²) in [6, 6.07) is 5.13. The van der Waals surface area contributed by atoms with Crippen LogP contribution in [0.5, 0.6) is 0 Å². The molecule has 1 aliphatic rings. The molecule has 0 aliphatic carbocycles. The number of aromatic nitrogens is 2. The molecule has 0 radical (unpaired) electrons. The number of aryl methyl sites for hydroxylation is 1. The number of amides is 1. The van der Waals surface area contributed by atoms with Gasteiger partial charge in [-0.25, -0.2) is 4.99 Å². The number of carbonyl (C=O) groups excluding carboxylic acids is 2. The Morgan fingerprint density at radius 3 is 2.84 bits per heavy atom. The summed E-state index contributed by atoms with van der Waals surface area (Å²) in [5, 5.41) is 3.74. The van der Waals surface area contributed by atoms with Crippen molar-refractivity contribution in [1.82, 2.24) is 15.0 Å². The minimum absolute atomic E-state index is 0.128. The first-order valence-corrected chi connectivity index (χ1v) is 7.82. The fourth-order valence-corrected chi connectivity index (χ4v) is 2.71. The normalized spacial score (nSPS) is 20.5. The van der Waals surface area contributed by atoms with Gasteiger partial charge in [0.2, 0.25) is 5.91 Å². The highest BCUT2D eigenvalue weighted by atomic mass is 16.5. The molecule has 0 spiro atoms. The van der Waals surface area contributed by atoms with Crippen molar-refractivity contribution in [3.05, 3.63) is 47.1 Å². The molecule has 1 amide bonds. The molecule has 3 rings (SSSR count). The maximum atomic E-state index is 12.3. The Morgan fingerprint density at radius 2 is 2.20 bits per heavy atom. The standard InChI is InChI=1S/C17H19N5O3/c1-10-6-12(21-25-10)13(23)7-11-4-5-19-14(8-11)17(2)9-15(24)22(3)16(18)20-17/h4-6,8H,7,9H2,1-3H3,(H2,18,20). The van der Waals surface area contributed by atoms with Crippen molar-refractivity contribution in [3.63, 3.8) is 0 Å². The van der Waals surface area contributed by atoms with E-state index in [0.29, 0.717) is 17.1 Å². The number of nitrogens with two attached hydrogens (primary N) is 1. The fraction of sp³-hybridized carbons (Fsp3) is 0.353. The molecule has 8 heteroatoms. The zero-order chi connectivity index (χ0) is 18.2. The molecule has 2 aromatic heterocycles. The quantitative estimate of drug-likeness (QED) is 0.836. The number of aliphatic imine (C=N–C) groups is 1. The van der Waals surface area contributed by atoms with E-state index in [2.05, 4.69) is 15.1 Å². The highest BCUT2D eigenvalue weighted by Gasteiger charge is 2.37. The molecule has 3 heterocycles. The van der Waals surface area contributed by atoms with Gasteiger partial charge in [0.25, 0.3) is 0 Å². The lowest BCUT2D eigenvalue weighted by Gasteiger charge is -2.32. The molecule has 0 saturated carbocycles. The fourth-order valence-electron chi connectivity index (χ4n) is 2.71. The summed E-state index contributed by atoms with van der Waals surface area (Å²) < 4.78 is 4.93. The van der Waals surface area contributed by atoms with Crippen LogP contribution in [0.2, 0.25) is 0 Å². The van der Waals surface area contributed by atoms with Crippen LogP contribution in [0.4, 0.5) is 0 Å². The van der Waals surface area contributed by atoms with E-state index in [1.807, 2.05) is 0 Å². The average Bonchev–Trinajstić information content (AvgIpc) is 2.99. The number of rotatable bonds is 4. The van der Waals surface area contributed by atoms with Crippen molar-refractivity contribution in [3.8, 4) is 0 Å². The van der Waals surface area contributed by atoms with Crippen molar-refractivity contribution in [2.24, 2.45) is 10.7 Å². The second-order valence-corrected chi connectivity index (χ2v) is 6.35. The maximum absolute atomic E-state index is 12.3. The van der Waals surface area contributed by atoms with E-state index in [0.717, 1.165) is 5.56 Å². The third-order valence-electron chi connectivity index (χ3n) is 4.23. The van der Waals surface area contributed by atoms with E-state index in [9.17, 15) is 9.59 Å². The van der Waals surface area contributed by atoms with Crippen LogP contribution < -0.4 is 5.73 Å². The van der Waals surface area contributed by atoms with E-state index >= 15 is 0 Å². The van der Waals surface area contributed by atoms with Crippen LogP contribution in [0, 0.1) is 6.92 Å². The molecule has 1 atom stereocenters. The molecular formula is C17H19N5O3. The Morgan fingerprint density at radius 1 is 1.44 bits per heavy atom. The smallest absolute Gasteiger partial charge is 0.231 e. The third-order valence-corrected chi connectivity index (χ3v) is 4.23. The molecule has 130 valence electrons. The van der Waals surface area contributed by atoms with E-state index in [-0.39, 0.29) is 30.5 Å². The van der Waals surface area contributed by atoms with Crippen LogP contribution in [0.3, 0.4) is 0 Å². The summed E-state index contributed by atoms with van der Waals surface area (Å²) in [4.78, 5) is 34.5. The zero-order valence-corrected chi connectivity index (χ0v) is 14.3.